The van der Waals surface area contributed by atoms with Gasteiger partial charge in [0.2, 0.25) is 5.95 Å². The molecule has 29 heavy (non-hydrogen) atoms. The predicted octanol–water partition coefficient (Wildman–Crippen LogP) is 1.63. The third-order valence-electron chi connectivity index (χ3n) is 5.21. The smallest absolute Gasteiger partial charge is 0.328 e. The number of nitrogens with zero attached hydrogens (tertiary/aromatic N) is 5. The first-order chi connectivity index (χ1) is 14.2. The molecule has 2 aliphatic rings. The van der Waals surface area contributed by atoms with Gasteiger partial charge in [0, 0.05) is 7.05 Å². The highest BCUT2D eigenvalue weighted by atomic mass is 16.5. The molecule has 3 N–H and O–H groups in total. The Bertz CT molecular complexity index is 1100. The van der Waals surface area contributed by atoms with E-state index in [2.05, 4.69) is 35.9 Å². The Morgan fingerprint density at radius 2 is 2.21 bits per heavy atom. The molecule has 4 bridgehead atoms. The quantitative estimate of drug-likeness (QED) is 0.592. The molecule has 1 aliphatic carbocycles. The summed E-state index contributed by atoms with van der Waals surface area (Å²) < 4.78 is 12.8. The van der Waals surface area contributed by atoms with Crippen LogP contribution in [0.4, 0.5) is 22.2 Å². The van der Waals surface area contributed by atoms with Crippen LogP contribution in [-0.4, -0.2) is 56.8 Å². The van der Waals surface area contributed by atoms with Gasteiger partial charge in [0.1, 0.15) is 6.33 Å². The summed E-state index contributed by atoms with van der Waals surface area (Å²) >= 11 is 0. The van der Waals surface area contributed by atoms with Crippen molar-refractivity contribution in [3.8, 4) is 5.75 Å². The lowest BCUT2D eigenvalue weighted by Crippen LogP contribution is -2.52. The van der Waals surface area contributed by atoms with E-state index in [1.165, 1.54) is 10.9 Å². The highest BCUT2D eigenvalue weighted by Crippen LogP contribution is 2.30. The number of carbonyl (C=O) groups excluding carboxylic acids is 1. The maximum atomic E-state index is 12.8. The van der Waals surface area contributed by atoms with Crippen molar-refractivity contribution in [3.05, 3.63) is 24.3 Å². The lowest BCUT2D eigenvalue weighted by Gasteiger charge is -2.36. The van der Waals surface area contributed by atoms with E-state index >= 15 is 0 Å². The minimum Gasteiger partial charge on any atom is -0.493 e. The van der Waals surface area contributed by atoms with Gasteiger partial charge < -0.3 is 25.4 Å². The number of fused-ring (bicyclic) bond motifs is 4. The number of ether oxygens (including phenoxy) is 2. The highest BCUT2D eigenvalue weighted by molar-refractivity contribution is 5.92. The monoisotopic (exact) mass is 396 g/mol. The second kappa shape index (κ2) is 6.85. The van der Waals surface area contributed by atoms with Crippen LogP contribution < -0.4 is 20.7 Å². The molecule has 1 aliphatic heterocycles. The molecule has 1 amide bonds. The number of imidazole rings is 1. The standard InChI is InChI=1S/C18H20N8O3/c1-19-15-14-16-25-17(24-15)22-11-5-9(20-6-13(11)28-2)7-29-12-4-3-10(12)23-18(27)26(16)8-21-14/h5-6,8,10,12H,3-4,7H2,1-2H3,(H,23,27)(H2,19,22,24,25)/t10-,12-/m1/s1. The first-order valence-corrected chi connectivity index (χ1v) is 9.31. The van der Waals surface area contributed by atoms with Crippen molar-refractivity contribution in [1.82, 2.24) is 29.8 Å². The summed E-state index contributed by atoms with van der Waals surface area (Å²) in [5.74, 6) is 1.35. The van der Waals surface area contributed by atoms with Gasteiger partial charge in [0.25, 0.3) is 0 Å². The van der Waals surface area contributed by atoms with Gasteiger partial charge in [-0.25, -0.2) is 14.3 Å². The Hall–Kier alpha value is -3.47. The molecule has 0 unspecified atom stereocenters. The molecule has 3 aromatic rings. The van der Waals surface area contributed by atoms with Crippen molar-refractivity contribution in [2.75, 3.05) is 24.8 Å². The van der Waals surface area contributed by atoms with E-state index in [-0.39, 0.29) is 18.2 Å². The Labute approximate surface area is 165 Å². The van der Waals surface area contributed by atoms with Crippen molar-refractivity contribution < 1.29 is 14.3 Å². The molecule has 11 nitrogen and oxygen atoms in total. The van der Waals surface area contributed by atoms with E-state index in [0.29, 0.717) is 41.0 Å². The molecule has 3 aromatic heterocycles. The van der Waals surface area contributed by atoms with Gasteiger partial charge in [0.05, 0.1) is 43.4 Å². The number of pyridine rings is 1. The van der Waals surface area contributed by atoms with Crippen molar-refractivity contribution in [3.63, 3.8) is 0 Å². The number of hydrogen-bond donors (Lipinski definition) is 3. The van der Waals surface area contributed by atoms with Crippen LogP contribution >= 0.6 is 0 Å². The van der Waals surface area contributed by atoms with Gasteiger partial charge in [-0.1, -0.05) is 0 Å². The van der Waals surface area contributed by atoms with E-state index in [0.717, 1.165) is 18.5 Å². The minimum absolute atomic E-state index is 0.0601. The lowest BCUT2D eigenvalue weighted by atomic mass is 9.89. The van der Waals surface area contributed by atoms with Gasteiger partial charge in [-0.2, -0.15) is 9.97 Å². The van der Waals surface area contributed by atoms with Crippen molar-refractivity contribution in [2.24, 2.45) is 0 Å². The van der Waals surface area contributed by atoms with Crippen LogP contribution in [0.3, 0.4) is 0 Å². The fraction of sp³-hybridized carbons (Fsp3) is 0.389. The zero-order valence-corrected chi connectivity index (χ0v) is 16.0. The summed E-state index contributed by atoms with van der Waals surface area (Å²) in [6.07, 6.45) is 4.76. The number of rotatable bonds is 2. The lowest BCUT2D eigenvalue weighted by molar-refractivity contribution is -0.0335. The zero-order valence-electron chi connectivity index (χ0n) is 16.0. The fourth-order valence-corrected chi connectivity index (χ4v) is 3.48. The van der Waals surface area contributed by atoms with Crippen LogP contribution in [0.1, 0.15) is 18.5 Å². The number of amides is 1. The van der Waals surface area contributed by atoms with Crippen molar-refractivity contribution in [2.45, 2.75) is 31.6 Å². The van der Waals surface area contributed by atoms with Crippen molar-refractivity contribution >= 4 is 34.6 Å². The second-order valence-electron chi connectivity index (χ2n) is 6.92. The van der Waals surface area contributed by atoms with Crippen LogP contribution in [0.25, 0.3) is 11.2 Å². The van der Waals surface area contributed by atoms with Crippen LogP contribution in [-0.2, 0) is 11.3 Å². The molecular weight excluding hydrogens is 376 g/mol. The van der Waals surface area contributed by atoms with Gasteiger partial charge in [-0.05, 0) is 18.9 Å². The number of nitrogens with one attached hydrogen (secondary N) is 3. The molecule has 4 heterocycles. The zero-order chi connectivity index (χ0) is 20.0. The largest absolute Gasteiger partial charge is 0.493 e. The molecule has 2 atom stereocenters. The summed E-state index contributed by atoms with van der Waals surface area (Å²) in [4.78, 5) is 30.5. The average molecular weight is 396 g/mol. The van der Waals surface area contributed by atoms with Gasteiger partial charge >= 0.3 is 6.03 Å². The summed E-state index contributed by atoms with van der Waals surface area (Å²) in [7, 11) is 3.31. The van der Waals surface area contributed by atoms with Crippen LogP contribution in [0.2, 0.25) is 0 Å². The molecule has 0 aromatic carbocycles. The highest BCUT2D eigenvalue weighted by Gasteiger charge is 2.34. The summed E-state index contributed by atoms with van der Waals surface area (Å²) in [6, 6.07) is 1.48. The maximum absolute atomic E-state index is 12.8. The Balaban J connectivity index is 1.66. The van der Waals surface area contributed by atoms with Gasteiger partial charge in [-0.15, -0.1) is 0 Å². The Morgan fingerprint density at radius 1 is 1.31 bits per heavy atom. The Kier molecular flexibility index (Phi) is 4.16. The summed E-state index contributed by atoms with van der Waals surface area (Å²) in [5.41, 5.74) is 2.29. The summed E-state index contributed by atoms with van der Waals surface area (Å²) in [5, 5.41) is 9.17. The van der Waals surface area contributed by atoms with E-state index in [9.17, 15) is 4.79 Å². The molecule has 0 saturated heterocycles. The number of anilines is 3. The predicted molar refractivity (Wildman–Crippen MR) is 104 cm³/mol. The molecular formula is C18H20N8O3. The van der Waals surface area contributed by atoms with Crippen LogP contribution in [0, 0.1) is 0 Å². The number of carbonyl (C=O) groups is 1. The second-order valence-corrected chi connectivity index (χ2v) is 6.92. The summed E-state index contributed by atoms with van der Waals surface area (Å²) in [6.45, 7) is 0.327. The first kappa shape index (κ1) is 17.6. The SMILES string of the molecule is CNc1nc2nc3c1ncn3C(=O)N[C@@H]1CC[C@H]1OCc1cc(c(OC)cn1)N2. The van der Waals surface area contributed by atoms with E-state index in [4.69, 9.17) is 9.47 Å². The Morgan fingerprint density at radius 3 is 2.97 bits per heavy atom. The number of aromatic nitrogens is 5. The maximum Gasteiger partial charge on any atom is 0.328 e. The van der Waals surface area contributed by atoms with E-state index < -0.39 is 0 Å². The molecule has 11 heteroatoms. The molecule has 5 rings (SSSR count). The third kappa shape index (κ3) is 2.99. The number of methoxy groups -OCH3 is 1. The van der Waals surface area contributed by atoms with E-state index in [1.54, 1.807) is 20.4 Å². The number of hydrogen-bond acceptors (Lipinski definition) is 9. The normalized spacial score (nSPS) is 20.8. The topological polar surface area (TPSA) is 128 Å². The molecule has 0 spiro atoms. The molecule has 0 radical (unpaired) electrons. The average Bonchev–Trinajstić information content (AvgIpc) is 3.14. The fourth-order valence-electron chi connectivity index (χ4n) is 3.48. The van der Waals surface area contributed by atoms with Crippen molar-refractivity contribution in [1.29, 1.82) is 0 Å². The van der Waals surface area contributed by atoms with Gasteiger partial charge in [0.15, 0.2) is 22.7 Å². The molecule has 1 saturated carbocycles. The van der Waals surface area contributed by atoms with Gasteiger partial charge in [-0.3, -0.25) is 4.98 Å². The minimum atomic E-state index is -0.302. The first-order valence-electron chi connectivity index (χ1n) is 9.31. The van der Waals surface area contributed by atoms with Crippen LogP contribution in [0.15, 0.2) is 18.6 Å². The molecule has 1 fully saturated rings. The van der Waals surface area contributed by atoms with E-state index in [1.807, 2.05) is 6.07 Å². The molecule has 150 valence electrons. The van der Waals surface area contributed by atoms with Crippen LogP contribution in [0.5, 0.6) is 5.75 Å². The third-order valence-corrected chi connectivity index (χ3v) is 5.21.